The van der Waals surface area contributed by atoms with Crippen molar-refractivity contribution in [3.63, 3.8) is 0 Å². The summed E-state index contributed by atoms with van der Waals surface area (Å²) in [4.78, 5) is 0. The molecule has 0 rings (SSSR count). The first-order valence-corrected chi connectivity index (χ1v) is 5.94. The zero-order valence-electron chi connectivity index (χ0n) is 9.39. The molecule has 0 radical (unpaired) electrons. The molecule has 0 amide bonds. The van der Waals surface area contributed by atoms with E-state index in [0.29, 0.717) is 0 Å². The first kappa shape index (κ1) is 12.8. The minimum absolute atomic E-state index is 0.229. The summed E-state index contributed by atoms with van der Waals surface area (Å²) in [5, 5.41) is 0. The van der Waals surface area contributed by atoms with Crippen molar-refractivity contribution in [3.05, 3.63) is 0 Å². The molecule has 0 aromatic carbocycles. The number of unbranched alkanes of at least 4 members (excludes halogenated alkanes) is 1. The molecule has 0 aliphatic heterocycles. The van der Waals surface area contributed by atoms with Crippen molar-refractivity contribution in [2.45, 2.75) is 58.6 Å². The van der Waals surface area contributed by atoms with Crippen LogP contribution in [-0.4, -0.2) is 14.7 Å². The summed E-state index contributed by atoms with van der Waals surface area (Å²) < 4.78 is 15.5. The summed E-state index contributed by atoms with van der Waals surface area (Å²) in [5.41, 5.74) is 1.01. The highest BCUT2D eigenvalue weighted by Gasteiger charge is 2.18. The van der Waals surface area contributed by atoms with Crippen LogP contribution in [0.5, 0.6) is 0 Å². The van der Waals surface area contributed by atoms with E-state index in [9.17, 15) is 4.21 Å². The van der Waals surface area contributed by atoms with E-state index in [1.165, 1.54) is 0 Å². The molecule has 0 aliphatic carbocycles. The lowest BCUT2D eigenvalue weighted by Crippen LogP contribution is -2.20. The highest BCUT2D eigenvalue weighted by molar-refractivity contribution is 7.85. The van der Waals surface area contributed by atoms with Crippen LogP contribution in [0.3, 0.4) is 0 Å². The highest BCUT2D eigenvalue weighted by atomic mass is 32.2. The second-order valence-corrected chi connectivity index (χ2v) is 6.20. The summed E-state index contributed by atoms with van der Waals surface area (Å²) in [6.45, 7) is 9.94. The maximum atomic E-state index is 11.6. The van der Waals surface area contributed by atoms with Gasteiger partial charge in [0.1, 0.15) is 11.0 Å². The van der Waals surface area contributed by atoms with Crippen LogP contribution in [0.1, 0.15) is 53.9 Å². The fourth-order valence-electron chi connectivity index (χ4n) is 0.757. The van der Waals surface area contributed by atoms with Gasteiger partial charge in [0.15, 0.2) is 0 Å². The van der Waals surface area contributed by atoms with Crippen molar-refractivity contribution >= 4 is 16.7 Å². The average molecular weight is 203 g/mol. The Morgan fingerprint density at radius 3 is 2.31 bits per heavy atom. The Kier molecular flexibility index (Phi) is 5.45. The molecule has 1 atom stereocenters. The monoisotopic (exact) mass is 203 g/mol. The van der Waals surface area contributed by atoms with Crippen molar-refractivity contribution in [1.82, 2.24) is 0 Å². The predicted molar refractivity (Wildman–Crippen MR) is 60.5 cm³/mol. The fourth-order valence-corrected chi connectivity index (χ4v) is 1.40. The fraction of sp³-hybridized carbons (Fsp3) is 0.900. The summed E-state index contributed by atoms with van der Waals surface area (Å²) in [6.07, 6.45) is 3.27. The van der Waals surface area contributed by atoms with Crippen LogP contribution in [0, 0.1) is 0 Å². The van der Waals surface area contributed by atoms with Gasteiger partial charge < -0.3 is 0 Å². The topological polar surface area (TPSA) is 29.4 Å². The maximum Gasteiger partial charge on any atom is 0.144 e. The van der Waals surface area contributed by atoms with Crippen LogP contribution in [0.2, 0.25) is 0 Å². The number of rotatable bonds is 4. The SMILES string of the molecule is CCCC/C(C)=N\S(=O)C(C)(C)C. The van der Waals surface area contributed by atoms with Gasteiger partial charge in [0.2, 0.25) is 0 Å². The van der Waals surface area contributed by atoms with Crippen molar-refractivity contribution < 1.29 is 4.21 Å². The third-order valence-electron chi connectivity index (χ3n) is 1.65. The van der Waals surface area contributed by atoms with E-state index in [-0.39, 0.29) is 4.75 Å². The van der Waals surface area contributed by atoms with Gasteiger partial charge in [0.25, 0.3) is 0 Å². The Labute approximate surface area is 84.4 Å². The minimum atomic E-state index is -1.08. The highest BCUT2D eigenvalue weighted by Crippen LogP contribution is 2.13. The summed E-state index contributed by atoms with van der Waals surface area (Å²) in [6, 6.07) is 0. The molecule has 0 heterocycles. The van der Waals surface area contributed by atoms with E-state index in [4.69, 9.17) is 0 Å². The summed E-state index contributed by atoms with van der Waals surface area (Å²) in [7, 11) is -1.08. The molecule has 3 heteroatoms. The van der Waals surface area contributed by atoms with Gasteiger partial charge in [-0.3, -0.25) is 0 Å². The molecule has 0 saturated carbocycles. The first-order chi connectivity index (χ1) is 5.88. The van der Waals surface area contributed by atoms with E-state index in [2.05, 4.69) is 11.3 Å². The predicted octanol–water partition coefficient (Wildman–Crippen LogP) is 3.10. The van der Waals surface area contributed by atoms with Crippen LogP contribution >= 0.6 is 0 Å². The summed E-state index contributed by atoms with van der Waals surface area (Å²) in [5.74, 6) is 0. The molecule has 0 spiro atoms. The molecule has 13 heavy (non-hydrogen) atoms. The molecular weight excluding hydrogens is 182 g/mol. The molecular formula is C10H21NOS. The third-order valence-corrected chi connectivity index (χ3v) is 3.18. The number of hydrogen-bond donors (Lipinski definition) is 0. The second kappa shape index (κ2) is 5.53. The Balaban J connectivity index is 4.15. The van der Waals surface area contributed by atoms with Gasteiger partial charge in [0, 0.05) is 5.71 Å². The maximum absolute atomic E-state index is 11.6. The quantitative estimate of drug-likeness (QED) is 0.646. The van der Waals surface area contributed by atoms with Gasteiger partial charge >= 0.3 is 0 Å². The van der Waals surface area contributed by atoms with Crippen LogP contribution in [-0.2, 0) is 11.0 Å². The zero-order valence-corrected chi connectivity index (χ0v) is 10.2. The summed E-state index contributed by atoms with van der Waals surface area (Å²) >= 11 is 0. The molecule has 78 valence electrons. The molecule has 0 bridgehead atoms. The van der Waals surface area contributed by atoms with E-state index >= 15 is 0 Å². The Morgan fingerprint density at radius 2 is 1.92 bits per heavy atom. The van der Waals surface area contributed by atoms with Gasteiger partial charge in [-0.1, -0.05) is 13.3 Å². The molecule has 0 N–H and O–H groups in total. The van der Waals surface area contributed by atoms with Crippen LogP contribution in [0.15, 0.2) is 4.40 Å². The van der Waals surface area contributed by atoms with Gasteiger partial charge in [0.05, 0.1) is 4.75 Å². The van der Waals surface area contributed by atoms with Gasteiger partial charge in [-0.25, -0.2) is 4.21 Å². The van der Waals surface area contributed by atoms with Crippen LogP contribution < -0.4 is 0 Å². The second-order valence-electron chi connectivity index (χ2n) is 4.29. The van der Waals surface area contributed by atoms with E-state index < -0.39 is 11.0 Å². The molecule has 2 nitrogen and oxygen atoms in total. The minimum Gasteiger partial charge on any atom is -0.234 e. The van der Waals surface area contributed by atoms with Gasteiger partial charge in [-0.05, 0) is 40.5 Å². The smallest absolute Gasteiger partial charge is 0.144 e. The largest absolute Gasteiger partial charge is 0.234 e. The Morgan fingerprint density at radius 1 is 1.38 bits per heavy atom. The number of nitrogens with zero attached hydrogens (tertiary/aromatic N) is 1. The molecule has 0 aliphatic rings. The van der Waals surface area contributed by atoms with E-state index in [1.807, 2.05) is 27.7 Å². The molecule has 0 aromatic rings. The lowest BCUT2D eigenvalue weighted by molar-refractivity contribution is 0.650. The van der Waals surface area contributed by atoms with Crippen LogP contribution in [0.4, 0.5) is 0 Å². The van der Waals surface area contributed by atoms with Crippen molar-refractivity contribution in [1.29, 1.82) is 0 Å². The lowest BCUT2D eigenvalue weighted by Gasteiger charge is -2.13. The van der Waals surface area contributed by atoms with Crippen molar-refractivity contribution in [2.24, 2.45) is 4.40 Å². The number of hydrogen-bond acceptors (Lipinski definition) is 1. The lowest BCUT2D eigenvalue weighted by atomic mass is 10.2. The zero-order chi connectivity index (χ0) is 10.5. The van der Waals surface area contributed by atoms with Gasteiger partial charge in [-0.2, -0.15) is 4.40 Å². The molecule has 0 aromatic heterocycles. The van der Waals surface area contributed by atoms with Crippen LogP contribution in [0.25, 0.3) is 0 Å². The average Bonchev–Trinajstić information content (AvgIpc) is 1.99. The van der Waals surface area contributed by atoms with E-state index in [0.717, 1.165) is 25.0 Å². The first-order valence-electron chi connectivity index (χ1n) is 4.84. The van der Waals surface area contributed by atoms with Crippen molar-refractivity contribution in [2.75, 3.05) is 0 Å². The molecule has 1 unspecified atom stereocenters. The molecule has 0 saturated heterocycles. The van der Waals surface area contributed by atoms with Crippen molar-refractivity contribution in [3.8, 4) is 0 Å². The molecule has 0 fully saturated rings. The normalized spacial score (nSPS) is 15.9. The Bertz CT molecular complexity index is 203. The van der Waals surface area contributed by atoms with E-state index in [1.54, 1.807) is 0 Å². The standard InChI is InChI=1S/C10H21NOS/c1-6-7-8-9(2)11-13(12)10(3,4)5/h6-8H2,1-5H3/b11-9-. The van der Waals surface area contributed by atoms with Gasteiger partial charge in [-0.15, -0.1) is 0 Å². The third kappa shape index (κ3) is 5.97. The Hall–Kier alpha value is -0.180.